The molecule has 6 aromatic carbocycles. The van der Waals surface area contributed by atoms with Gasteiger partial charge in [0, 0.05) is 32.8 Å². The van der Waals surface area contributed by atoms with Crippen LogP contribution in [0.15, 0.2) is 162 Å². The summed E-state index contributed by atoms with van der Waals surface area (Å²) in [6, 6.07) is 51.7. The highest BCUT2D eigenvalue weighted by Gasteiger charge is 2.18. The van der Waals surface area contributed by atoms with Gasteiger partial charge in [-0.3, -0.25) is 4.98 Å². The molecule has 0 amide bonds. The van der Waals surface area contributed by atoms with E-state index in [1.807, 2.05) is 72.8 Å². The van der Waals surface area contributed by atoms with Crippen molar-refractivity contribution in [2.24, 2.45) is 0 Å². The molecule has 0 bridgehead atoms. The van der Waals surface area contributed by atoms with Crippen molar-refractivity contribution in [3.8, 4) is 56.4 Å². The van der Waals surface area contributed by atoms with Crippen molar-refractivity contribution in [2.45, 2.75) is 0 Å². The molecule has 0 atom stereocenters. The molecule has 3 heterocycles. The SMILES string of the molecule is c1ccc(-c2cc(-c3ccccc3)cc(-c3nc(-c4ccccc4)nc(-c4cccc5c4ncc4oc6ccccc6c45)n3)c2)cc1. The van der Waals surface area contributed by atoms with Crippen LogP contribution in [0.2, 0.25) is 0 Å². The topological polar surface area (TPSA) is 64.7 Å². The second kappa shape index (κ2) is 11.2. The zero-order chi connectivity index (χ0) is 31.2. The summed E-state index contributed by atoms with van der Waals surface area (Å²) in [6.07, 6.45) is 1.80. The molecule has 0 N–H and O–H groups in total. The van der Waals surface area contributed by atoms with Crippen molar-refractivity contribution in [3.05, 3.63) is 158 Å². The summed E-state index contributed by atoms with van der Waals surface area (Å²) >= 11 is 0. The van der Waals surface area contributed by atoms with E-state index < -0.39 is 0 Å². The first-order valence-corrected chi connectivity index (χ1v) is 15.6. The van der Waals surface area contributed by atoms with Gasteiger partial charge in [0.05, 0.1) is 11.7 Å². The Kier molecular flexibility index (Phi) is 6.39. The summed E-state index contributed by atoms with van der Waals surface area (Å²) in [7, 11) is 0. The molecule has 9 aromatic rings. The lowest BCUT2D eigenvalue weighted by Gasteiger charge is -2.13. The summed E-state index contributed by atoms with van der Waals surface area (Å²) in [5.74, 6) is 1.75. The van der Waals surface area contributed by atoms with E-state index in [0.29, 0.717) is 17.5 Å². The summed E-state index contributed by atoms with van der Waals surface area (Å²) in [6.45, 7) is 0. The van der Waals surface area contributed by atoms with Gasteiger partial charge in [0.15, 0.2) is 23.1 Å². The summed E-state index contributed by atoms with van der Waals surface area (Å²) in [5.41, 5.74) is 9.48. The zero-order valence-electron chi connectivity index (χ0n) is 25.2. The first-order valence-electron chi connectivity index (χ1n) is 15.6. The number of fused-ring (bicyclic) bond motifs is 5. The first kappa shape index (κ1) is 26.9. The number of hydrogen-bond donors (Lipinski definition) is 0. The van der Waals surface area contributed by atoms with Crippen LogP contribution in [0.1, 0.15) is 0 Å². The third-order valence-corrected chi connectivity index (χ3v) is 8.55. The maximum absolute atomic E-state index is 6.15. The van der Waals surface area contributed by atoms with Crippen molar-refractivity contribution in [3.63, 3.8) is 0 Å². The van der Waals surface area contributed by atoms with E-state index in [1.54, 1.807) is 6.20 Å². The van der Waals surface area contributed by atoms with E-state index in [4.69, 9.17) is 24.4 Å². The molecule has 0 aliphatic heterocycles. The fraction of sp³-hybridized carbons (Fsp3) is 0. The van der Waals surface area contributed by atoms with Crippen molar-refractivity contribution in [1.29, 1.82) is 0 Å². The van der Waals surface area contributed by atoms with Crippen LogP contribution in [-0.4, -0.2) is 19.9 Å². The number of hydrogen-bond acceptors (Lipinski definition) is 5. The van der Waals surface area contributed by atoms with E-state index in [-0.39, 0.29) is 0 Å². The molecule has 220 valence electrons. The Morgan fingerprint density at radius 1 is 0.383 bits per heavy atom. The molecular weight excluding hydrogens is 576 g/mol. The normalized spacial score (nSPS) is 11.4. The summed E-state index contributed by atoms with van der Waals surface area (Å²) in [5, 5.41) is 3.08. The van der Waals surface area contributed by atoms with Crippen LogP contribution in [0.5, 0.6) is 0 Å². The van der Waals surface area contributed by atoms with Crippen molar-refractivity contribution < 1.29 is 4.42 Å². The number of pyridine rings is 1. The molecular formula is C42H26N4O. The van der Waals surface area contributed by atoms with Crippen LogP contribution in [0, 0.1) is 0 Å². The van der Waals surface area contributed by atoms with Gasteiger partial charge in [0.1, 0.15) is 5.58 Å². The van der Waals surface area contributed by atoms with Gasteiger partial charge in [-0.2, -0.15) is 0 Å². The number of furan rings is 1. The Labute approximate surface area is 270 Å². The van der Waals surface area contributed by atoms with E-state index in [0.717, 1.165) is 71.8 Å². The van der Waals surface area contributed by atoms with Crippen LogP contribution in [0.25, 0.3) is 89.3 Å². The smallest absolute Gasteiger partial charge is 0.166 e. The summed E-state index contributed by atoms with van der Waals surface area (Å²) in [4.78, 5) is 20.2. The monoisotopic (exact) mass is 602 g/mol. The molecule has 0 saturated carbocycles. The molecule has 0 aliphatic rings. The predicted octanol–water partition coefficient (Wildman–Crippen LogP) is 10.7. The van der Waals surface area contributed by atoms with Gasteiger partial charge in [-0.15, -0.1) is 0 Å². The summed E-state index contributed by atoms with van der Waals surface area (Å²) < 4.78 is 6.15. The molecule has 47 heavy (non-hydrogen) atoms. The minimum absolute atomic E-state index is 0.561. The molecule has 3 aromatic heterocycles. The lowest BCUT2D eigenvalue weighted by atomic mass is 9.96. The molecule has 0 aliphatic carbocycles. The number of benzene rings is 6. The van der Waals surface area contributed by atoms with Gasteiger partial charge in [0.25, 0.3) is 0 Å². The van der Waals surface area contributed by atoms with Crippen molar-refractivity contribution in [1.82, 2.24) is 19.9 Å². The fourth-order valence-corrected chi connectivity index (χ4v) is 6.31. The molecule has 5 heteroatoms. The van der Waals surface area contributed by atoms with Crippen molar-refractivity contribution >= 4 is 32.8 Å². The molecule has 9 rings (SSSR count). The quantitative estimate of drug-likeness (QED) is 0.196. The van der Waals surface area contributed by atoms with Gasteiger partial charge in [-0.05, 0) is 52.6 Å². The zero-order valence-corrected chi connectivity index (χ0v) is 25.2. The molecule has 0 unspecified atom stereocenters. The minimum Gasteiger partial charge on any atom is -0.454 e. The number of rotatable bonds is 5. The van der Waals surface area contributed by atoms with E-state index in [2.05, 4.69) is 78.9 Å². The molecule has 0 fully saturated rings. The third kappa shape index (κ3) is 4.82. The van der Waals surface area contributed by atoms with Crippen LogP contribution in [0.3, 0.4) is 0 Å². The second-order valence-corrected chi connectivity index (χ2v) is 11.5. The second-order valence-electron chi connectivity index (χ2n) is 11.5. The largest absolute Gasteiger partial charge is 0.454 e. The Balaban J connectivity index is 1.30. The van der Waals surface area contributed by atoms with Crippen LogP contribution in [-0.2, 0) is 0 Å². The lowest BCUT2D eigenvalue weighted by Crippen LogP contribution is -2.01. The maximum Gasteiger partial charge on any atom is 0.166 e. The minimum atomic E-state index is 0.561. The highest BCUT2D eigenvalue weighted by molar-refractivity contribution is 6.19. The highest BCUT2D eigenvalue weighted by Crippen LogP contribution is 2.38. The first-order chi connectivity index (χ1) is 23.3. The number of para-hydroxylation sites is 2. The maximum atomic E-state index is 6.15. The van der Waals surface area contributed by atoms with Gasteiger partial charge < -0.3 is 4.42 Å². The average molecular weight is 603 g/mol. The van der Waals surface area contributed by atoms with Gasteiger partial charge >= 0.3 is 0 Å². The van der Waals surface area contributed by atoms with Crippen molar-refractivity contribution in [2.75, 3.05) is 0 Å². The fourth-order valence-electron chi connectivity index (χ4n) is 6.31. The van der Waals surface area contributed by atoms with E-state index in [9.17, 15) is 0 Å². The number of nitrogens with zero attached hydrogens (tertiary/aromatic N) is 4. The van der Waals surface area contributed by atoms with Crippen LogP contribution in [0.4, 0.5) is 0 Å². The Morgan fingerprint density at radius 2 is 0.915 bits per heavy atom. The van der Waals surface area contributed by atoms with Gasteiger partial charge in [-0.25, -0.2) is 15.0 Å². The van der Waals surface area contributed by atoms with E-state index in [1.165, 1.54) is 0 Å². The van der Waals surface area contributed by atoms with E-state index >= 15 is 0 Å². The van der Waals surface area contributed by atoms with Crippen LogP contribution < -0.4 is 0 Å². The number of aromatic nitrogens is 4. The standard InChI is InChI=1S/C42H26N4O/c1-4-13-27(14-5-1)30-23-31(28-15-6-2-7-16-28)25-32(24-30)41-44-40(29-17-8-3-9-18-29)45-42(46-41)35-21-12-20-34-38-33-19-10-11-22-36(33)47-37(38)26-43-39(34)35/h1-26H. The molecule has 5 nitrogen and oxygen atoms in total. The Hall–Kier alpha value is -6.46. The third-order valence-electron chi connectivity index (χ3n) is 8.55. The Bertz CT molecular complexity index is 2500. The predicted molar refractivity (Wildman–Crippen MR) is 190 cm³/mol. The molecule has 0 saturated heterocycles. The lowest BCUT2D eigenvalue weighted by molar-refractivity contribution is 0.667. The van der Waals surface area contributed by atoms with Gasteiger partial charge in [-0.1, -0.05) is 121 Å². The van der Waals surface area contributed by atoms with Crippen LogP contribution >= 0.6 is 0 Å². The van der Waals surface area contributed by atoms with Gasteiger partial charge in [0.2, 0.25) is 0 Å². The Morgan fingerprint density at radius 3 is 1.60 bits per heavy atom. The molecule has 0 spiro atoms. The average Bonchev–Trinajstić information content (AvgIpc) is 3.55. The highest BCUT2D eigenvalue weighted by atomic mass is 16.3. The molecule has 0 radical (unpaired) electrons.